The van der Waals surface area contributed by atoms with Crippen LogP contribution in [0.3, 0.4) is 0 Å². The second kappa shape index (κ2) is 36.9. The quantitative estimate of drug-likeness (QED) is 0.0240. The van der Waals surface area contributed by atoms with Gasteiger partial charge in [0.1, 0.15) is 48.3 Å². The Hall–Kier alpha value is -8.85. The summed E-state index contributed by atoms with van der Waals surface area (Å²) in [5.74, 6) is -16.8. The minimum absolute atomic E-state index is 0.0156. The normalized spacial score (nSPS) is 25.6. The van der Waals surface area contributed by atoms with Crippen LogP contribution >= 0.6 is 0 Å². The number of hydrogen-bond acceptors (Lipinski definition) is 19. The Balaban J connectivity index is 1.98. The number of hydrogen-bond donors (Lipinski definition) is 19. The molecule has 0 aromatic heterocycles. The van der Waals surface area contributed by atoms with E-state index >= 15 is 9.59 Å². The molecule has 2 aliphatic rings. The first kappa shape index (κ1) is 75.6. The number of aliphatic hydroxyl groups excluding tert-OH is 4. The van der Waals surface area contributed by atoms with E-state index < -0.39 is 187 Å². The number of guanidine groups is 1. The maximum atomic E-state index is 15.5. The lowest BCUT2D eigenvalue weighted by molar-refractivity contribution is -0.159. The fourth-order valence-corrected chi connectivity index (χ4v) is 9.92. The van der Waals surface area contributed by atoms with Gasteiger partial charge in [-0.2, -0.15) is 0 Å². The van der Waals surface area contributed by atoms with Crippen LogP contribution in [-0.2, 0) is 68.7 Å². The van der Waals surface area contributed by atoms with Crippen LogP contribution in [0.25, 0.3) is 0 Å². The van der Waals surface area contributed by atoms with Gasteiger partial charge in [-0.05, 0) is 74.5 Å². The van der Waals surface area contributed by atoms with Crippen LogP contribution in [-0.4, -0.2) is 202 Å². The second-order valence-corrected chi connectivity index (χ2v) is 23.6. The number of ether oxygens (including phenoxy) is 1. The predicted molar refractivity (Wildman–Crippen MR) is 330 cm³/mol. The first-order valence-corrected chi connectivity index (χ1v) is 30.5. The third-order valence-corrected chi connectivity index (χ3v) is 15.4. The summed E-state index contributed by atoms with van der Waals surface area (Å²) in [6, 6.07) is -1.95. The van der Waals surface area contributed by atoms with Crippen LogP contribution in [0.5, 0.6) is 0 Å². The molecule has 2 saturated heterocycles. The summed E-state index contributed by atoms with van der Waals surface area (Å²) in [6.45, 7) is 8.84. The zero-order valence-corrected chi connectivity index (χ0v) is 52.6. The summed E-state index contributed by atoms with van der Waals surface area (Å²) < 4.78 is 5.97. The van der Waals surface area contributed by atoms with Crippen molar-refractivity contribution in [2.75, 3.05) is 26.2 Å². The Morgan fingerprint density at radius 3 is 1.84 bits per heavy atom. The topological polar surface area (TPSA) is 515 Å². The van der Waals surface area contributed by atoms with E-state index in [1.54, 1.807) is 58.0 Å². The highest BCUT2D eigenvalue weighted by Crippen LogP contribution is 2.25. The molecule has 21 N–H and O–H groups in total. The Bertz CT molecular complexity index is 2880. The van der Waals surface area contributed by atoms with Gasteiger partial charge in [-0.25, -0.2) is 4.79 Å². The second-order valence-electron chi connectivity index (χ2n) is 23.6. The molecule has 15 atom stereocenters. The van der Waals surface area contributed by atoms with Gasteiger partial charge < -0.3 is 100 Å². The van der Waals surface area contributed by atoms with Crippen molar-refractivity contribution < 1.29 is 82.7 Å². The first-order valence-electron chi connectivity index (χ1n) is 30.5. The number of carbonyl (C=O) groups is 12. The molecule has 2 aliphatic heterocycles. The highest BCUT2D eigenvalue weighted by Gasteiger charge is 2.44. The van der Waals surface area contributed by atoms with Crippen molar-refractivity contribution in [1.29, 1.82) is 5.41 Å². The van der Waals surface area contributed by atoms with Gasteiger partial charge in [-0.1, -0.05) is 109 Å². The minimum atomic E-state index is -2.58. The third-order valence-electron chi connectivity index (χ3n) is 15.4. The number of primary amides is 1. The van der Waals surface area contributed by atoms with Crippen molar-refractivity contribution >= 4 is 76.9 Å². The molecule has 32 nitrogen and oxygen atoms in total. The van der Waals surface area contributed by atoms with E-state index in [2.05, 4.69) is 53.2 Å². The molecule has 0 radical (unpaired) electrons. The van der Waals surface area contributed by atoms with Crippen LogP contribution in [0.1, 0.15) is 104 Å². The smallest absolute Gasteiger partial charge is 0.331 e. The average molecular weight is 1290 g/mol. The van der Waals surface area contributed by atoms with E-state index in [1.807, 2.05) is 10.6 Å². The van der Waals surface area contributed by atoms with Gasteiger partial charge in [0.25, 0.3) is 0 Å². The molecule has 0 saturated carbocycles. The number of benzene rings is 2. The average Bonchev–Trinajstić information content (AvgIpc) is 1.92. The van der Waals surface area contributed by atoms with Gasteiger partial charge in [0, 0.05) is 13.0 Å². The summed E-state index contributed by atoms with van der Waals surface area (Å²) in [7, 11) is 0. The molecule has 32 heteroatoms. The number of rotatable bonds is 21. The number of carbonyl (C=O) groups excluding carboxylic acids is 12. The molecule has 2 fully saturated rings. The predicted octanol–water partition coefficient (Wildman–Crippen LogP) is -5.65. The number of esters is 1. The summed E-state index contributed by atoms with van der Waals surface area (Å²) in [6.07, 6.45) is -7.29. The fourth-order valence-electron chi connectivity index (χ4n) is 9.92. The Labute approximate surface area is 532 Å². The van der Waals surface area contributed by atoms with E-state index in [0.717, 1.165) is 6.92 Å². The molecule has 2 heterocycles. The van der Waals surface area contributed by atoms with E-state index in [1.165, 1.54) is 44.2 Å². The zero-order chi connectivity index (χ0) is 68.5. The maximum absolute atomic E-state index is 15.5. The first-order chi connectivity index (χ1) is 43.5. The van der Waals surface area contributed by atoms with E-state index in [4.69, 9.17) is 21.6 Å². The van der Waals surface area contributed by atoms with Gasteiger partial charge in [0.15, 0.2) is 24.2 Å². The summed E-state index contributed by atoms with van der Waals surface area (Å²) >= 11 is 0. The lowest BCUT2D eigenvalue weighted by Gasteiger charge is -2.33. The molecule has 92 heavy (non-hydrogen) atoms. The highest BCUT2D eigenvalue weighted by molar-refractivity contribution is 6.00. The van der Waals surface area contributed by atoms with Crippen molar-refractivity contribution in [3.05, 3.63) is 71.8 Å². The highest BCUT2D eigenvalue weighted by atomic mass is 16.5. The van der Waals surface area contributed by atoms with E-state index in [-0.39, 0.29) is 50.1 Å². The fraction of sp³-hybridized carbons (Fsp3) is 0.583. The van der Waals surface area contributed by atoms with E-state index in [0.29, 0.717) is 24.9 Å². The zero-order valence-electron chi connectivity index (χ0n) is 52.6. The molecular weight excluding hydrogens is 1200 g/mol. The standard InChI is InChI=1S/C60H91N15O17/c1-8-31(6)41-55(87)73-42(32(7)77)54(86)66-27-40(78)71-44(47(80)49(61)81)57(89)70-39(28-76)59(91)92-48(34-19-13-10-14-20-34)45(75-53(85)38(26-33-17-11-9-12-18-33)68-50(82)35-21-15-23-64-35)58(90)74-43(46(79)30(4)5)56(88)69-37(25-29(2)3)52(84)67-36(51(83)72-41)22-16-24-65-60(62)63/h9-14,17-20,29-32,35-39,41-48,64,76-77,79-80H,8,15-16,21-28H2,1-7H3,(H2,61,81)(H,66,86)(H,67,84)(H,68,82)(H,69,88)(H,70,89)(H,71,78)(H,72,83)(H,73,87)(H,74,90)(H,75,85)(H4,62,63,65)/t31-,32-,35+,36+,37-,38-,39-,41-,42-,43-,44-,45-,46+,47-,48+/m0/s1. The lowest BCUT2D eigenvalue weighted by Crippen LogP contribution is -2.64. The molecule has 11 amide bonds. The van der Waals surface area contributed by atoms with Gasteiger partial charge in [-0.3, -0.25) is 58.1 Å². The largest absolute Gasteiger partial charge is 0.453 e. The molecule has 2 aromatic rings. The molecule has 508 valence electrons. The third kappa shape index (κ3) is 23.1. The van der Waals surface area contributed by atoms with Crippen LogP contribution in [0.15, 0.2) is 60.7 Å². The van der Waals surface area contributed by atoms with Gasteiger partial charge >= 0.3 is 5.97 Å². The number of cyclic esters (lactones) is 1. The van der Waals surface area contributed by atoms with Crippen LogP contribution in [0.2, 0.25) is 0 Å². The molecule has 0 spiro atoms. The van der Waals surface area contributed by atoms with Crippen molar-refractivity contribution in [2.45, 2.75) is 178 Å². The SMILES string of the molecule is CC[C@H](C)[C@@H]1NC(=O)[C@@H](CCCNC(=N)N)NC(=O)[C@H](CC(C)C)NC(=O)[C@H]([C@H](O)C(C)C)NC(=O)[C@@H](NC(=O)[C@H](Cc2ccccc2)NC(=O)[C@H]2CCCN2)[C@@H](c2ccccc2)OC(=O)[C@H](CO)NC(=O)[C@H]([C@H](O)C(N)=O)NC(=O)CNC(=O)[C@H]([C@H](C)O)NC1=O. The van der Waals surface area contributed by atoms with Crippen molar-refractivity contribution in [3.63, 3.8) is 0 Å². The van der Waals surface area contributed by atoms with Crippen molar-refractivity contribution in [1.82, 2.24) is 63.8 Å². The summed E-state index contributed by atoms with van der Waals surface area (Å²) in [5.41, 5.74) is 11.3. The lowest BCUT2D eigenvalue weighted by atomic mass is 9.95. The number of amides is 11. The van der Waals surface area contributed by atoms with Crippen LogP contribution in [0, 0.1) is 23.2 Å². The number of nitrogens with one attached hydrogen (secondary N) is 13. The Morgan fingerprint density at radius 2 is 1.27 bits per heavy atom. The van der Waals surface area contributed by atoms with Gasteiger partial charge in [-0.15, -0.1) is 0 Å². The molecule has 0 aliphatic carbocycles. The molecule has 4 rings (SSSR count). The Morgan fingerprint density at radius 1 is 0.696 bits per heavy atom. The van der Waals surface area contributed by atoms with Gasteiger partial charge in [0.05, 0.1) is 31.4 Å². The van der Waals surface area contributed by atoms with Gasteiger partial charge in [0.2, 0.25) is 65.0 Å². The van der Waals surface area contributed by atoms with Crippen LogP contribution < -0.4 is 75.3 Å². The number of aliphatic hydroxyl groups is 4. The summed E-state index contributed by atoms with van der Waals surface area (Å²) in [4.78, 5) is 171. The number of nitrogens with two attached hydrogens (primary N) is 2. The minimum Gasteiger partial charge on any atom is -0.453 e. The molecule has 0 unspecified atom stereocenters. The molecule has 0 bridgehead atoms. The van der Waals surface area contributed by atoms with Crippen molar-refractivity contribution in [3.8, 4) is 0 Å². The summed E-state index contributed by atoms with van der Waals surface area (Å²) in [5, 5.41) is 81.7. The molecular formula is C60H91N15O17. The van der Waals surface area contributed by atoms with E-state index in [9.17, 15) is 68.4 Å². The van der Waals surface area contributed by atoms with Crippen LogP contribution in [0.4, 0.5) is 0 Å². The van der Waals surface area contributed by atoms with Crippen molar-refractivity contribution in [2.24, 2.45) is 29.2 Å². The maximum Gasteiger partial charge on any atom is 0.331 e. The Kier molecular flexibility index (Phi) is 30.3. The monoisotopic (exact) mass is 1290 g/mol. The molecule has 2 aromatic carbocycles.